The van der Waals surface area contributed by atoms with Gasteiger partial charge in [-0.05, 0) is 37.6 Å². The summed E-state index contributed by atoms with van der Waals surface area (Å²) in [5.41, 5.74) is 2.77. The largest absolute Gasteiger partial charge is 0.493 e. The number of anilines is 1. The van der Waals surface area contributed by atoms with Crippen molar-refractivity contribution in [3.05, 3.63) is 65.0 Å². The summed E-state index contributed by atoms with van der Waals surface area (Å²) in [6.45, 7) is 4.48. The van der Waals surface area contributed by atoms with Crippen LogP contribution in [0.25, 0.3) is 17.3 Å². The molecule has 0 aliphatic carbocycles. The van der Waals surface area contributed by atoms with E-state index in [1.54, 1.807) is 13.2 Å². The molecule has 144 valence electrons. The number of ether oxygens (including phenoxy) is 2. The van der Waals surface area contributed by atoms with Crippen molar-refractivity contribution in [2.45, 2.75) is 13.8 Å². The SMILES string of the molecule is CCOc1ccc(/C=C/C(=O)Nc2nc(-c3ccccc3)c(C)s2)cc1OC. The van der Waals surface area contributed by atoms with Crippen LogP contribution in [0.15, 0.2) is 54.6 Å². The predicted molar refractivity (Wildman–Crippen MR) is 114 cm³/mol. The first-order valence-corrected chi connectivity index (χ1v) is 9.75. The quantitative estimate of drug-likeness (QED) is 0.561. The molecule has 28 heavy (non-hydrogen) atoms. The van der Waals surface area contributed by atoms with E-state index in [2.05, 4.69) is 10.3 Å². The average molecular weight is 394 g/mol. The van der Waals surface area contributed by atoms with Gasteiger partial charge in [0.1, 0.15) is 0 Å². The molecular weight excluding hydrogens is 372 g/mol. The number of nitrogens with one attached hydrogen (secondary N) is 1. The van der Waals surface area contributed by atoms with Gasteiger partial charge in [0.2, 0.25) is 5.91 Å². The first kappa shape index (κ1) is 19.6. The van der Waals surface area contributed by atoms with Gasteiger partial charge in [-0.3, -0.25) is 10.1 Å². The molecule has 6 heteroatoms. The van der Waals surface area contributed by atoms with E-state index in [0.29, 0.717) is 23.2 Å². The van der Waals surface area contributed by atoms with Crippen LogP contribution in [-0.2, 0) is 4.79 Å². The van der Waals surface area contributed by atoms with E-state index >= 15 is 0 Å². The second-order valence-electron chi connectivity index (χ2n) is 5.96. The molecule has 3 rings (SSSR count). The summed E-state index contributed by atoms with van der Waals surface area (Å²) in [7, 11) is 1.59. The van der Waals surface area contributed by atoms with Crippen molar-refractivity contribution < 1.29 is 14.3 Å². The fourth-order valence-corrected chi connectivity index (χ4v) is 3.53. The number of hydrogen-bond donors (Lipinski definition) is 1. The Morgan fingerprint density at radius 2 is 1.96 bits per heavy atom. The molecule has 0 unspecified atom stereocenters. The summed E-state index contributed by atoms with van der Waals surface area (Å²) >= 11 is 1.46. The van der Waals surface area contributed by atoms with Gasteiger partial charge in [-0.1, -0.05) is 36.4 Å². The number of aryl methyl sites for hydroxylation is 1. The molecule has 2 aromatic carbocycles. The highest BCUT2D eigenvalue weighted by Gasteiger charge is 2.11. The number of methoxy groups -OCH3 is 1. The van der Waals surface area contributed by atoms with Gasteiger partial charge >= 0.3 is 0 Å². The highest BCUT2D eigenvalue weighted by atomic mass is 32.1. The molecule has 1 amide bonds. The van der Waals surface area contributed by atoms with Crippen LogP contribution in [0, 0.1) is 6.92 Å². The molecule has 0 spiro atoms. The molecule has 0 fully saturated rings. The number of aromatic nitrogens is 1. The Labute approximate surface area is 168 Å². The zero-order valence-electron chi connectivity index (χ0n) is 16.1. The monoisotopic (exact) mass is 394 g/mol. The zero-order valence-corrected chi connectivity index (χ0v) is 16.9. The summed E-state index contributed by atoms with van der Waals surface area (Å²) in [6, 6.07) is 15.5. The van der Waals surface area contributed by atoms with E-state index in [1.807, 2.05) is 62.4 Å². The van der Waals surface area contributed by atoms with Crippen molar-refractivity contribution in [3.63, 3.8) is 0 Å². The van der Waals surface area contributed by atoms with Gasteiger partial charge in [-0.15, -0.1) is 11.3 Å². The Morgan fingerprint density at radius 3 is 2.68 bits per heavy atom. The molecule has 1 heterocycles. The van der Waals surface area contributed by atoms with E-state index in [4.69, 9.17) is 9.47 Å². The minimum atomic E-state index is -0.235. The predicted octanol–water partition coefficient (Wildman–Crippen LogP) is 5.18. The third-order valence-electron chi connectivity index (χ3n) is 3.99. The van der Waals surface area contributed by atoms with Crippen molar-refractivity contribution in [3.8, 4) is 22.8 Å². The number of benzene rings is 2. The number of nitrogens with zero attached hydrogens (tertiary/aromatic N) is 1. The van der Waals surface area contributed by atoms with Gasteiger partial charge in [-0.25, -0.2) is 4.98 Å². The minimum absolute atomic E-state index is 0.235. The number of rotatable bonds is 7. The third kappa shape index (κ3) is 4.78. The van der Waals surface area contributed by atoms with Crippen LogP contribution < -0.4 is 14.8 Å². The van der Waals surface area contributed by atoms with E-state index in [0.717, 1.165) is 21.7 Å². The van der Waals surface area contributed by atoms with Crippen molar-refractivity contribution in [2.24, 2.45) is 0 Å². The Kier molecular flexibility index (Phi) is 6.45. The lowest BCUT2D eigenvalue weighted by Gasteiger charge is -2.09. The minimum Gasteiger partial charge on any atom is -0.493 e. The Bertz CT molecular complexity index is 981. The molecular formula is C22H22N2O3S. The number of hydrogen-bond acceptors (Lipinski definition) is 5. The van der Waals surface area contributed by atoms with Crippen molar-refractivity contribution in [2.75, 3.05) is 19.0 Å². The molecule has 1 aromatic heterocycles. The zero-order chi connectivity index (χ0) is 19.9. The summed E-state index contributed by atoms with van der Waals surface area (Å²) < 4.78 is 10.8. The number of carbonyl (C=O) groups is 1. The van der Waals surface area contributed by atoms with Gasteiger partial charge in [0.05, 0.1) is 19.4 Å². The summed E-state index contributed by atoms with van der Waals surface area (Å²) in [5.74, 6) is 1.08. The number of carbonyl (C=O) groups excluding carboxylic acids is 1. The molecule has 5 nitrogen and oxygen atoms in total. The molecule has 0 aliphatic rings. The third-order valence-corrected chi connectivity index (χ3v) is 4.87. The highest BCUT2D eigenvalue weighted by Crippen LogP contribution is 2.30. The van der Waals surface area contributed by atoms with Crippen molar-refractivity contribution in [1.82, 2.24) is 4.98 Å². The lowest BCUT2D eigenvalue weighted by Crippen LogP contribution is -2.07. The molecule has 0 atom stereocenters. The molecule has 0 saturated heterocycles. The maximum Gasteiger partial charge on any atom is 0.250 e. The van der Waals surface area contributed by atoms with Gasteiger partial charge in [0.25, 0.3) is 0 Å². The van der Waals surface area contributed by atoms with Gasteiger partial charge in [0, 0.05) is 16.5 Å². The first-order chi connectivity index (χ1) is 13.6. The Balaban J connectivity index is 1.69. The fourth-order valence-electron chi connectivity index (χ4n) is 2.70. The van der Waals surface area contributed by atoms with Crippen LogP contribution >= 0.6 is 11.3 Å². The van der Waals surface area contributed by atoms with Crippen LogP contribution in [0.5, 0.6) is 11.5 Å². The highest BCUT2D eigenvalue weighted by molar-refractivity contribution is 7.16. The number of amides is 1. The summed E-state index contributed by atoms with van der Waals surface area (Å²) in [5, 5.41) is 3.41. The van der Waals surface area contributed by atoms with Crippen LogP contribution in [0.3, 0.4) is 0 Å². The lowest BCUT2D eigenvalue weighted by molar-refractivity contribution is -0.111. The van der Waals surface area contributed by atoms with Crippen LogP contribution in [0.2, 0.25) is 0 Å². The van der Waals surface area contributed by atoms with Crippen LogP contribution in [0.1, 0.15) is 17.4 Å². The van der Waals surface area contributed by atoms with Gasteiger partial charge in [0.15, 0.2) is 16.6 Å². The maximum absolute atomic E-state index is 12.3. The molecule has 3 aromatic rings. The van der Waals surface area contributed by atoms with Gasteiger partial charge in [-0.2, -0.15) is 0 Å². The molecule has 0 aliphatic heterocycles. The first-order valence-electron chi connectivity index (χ1n) is 8.93. The molecule has 0 radical (unpaired) electrons. The van der Waals surface area contributed by atoms with Crippen molar-refractivity contribution in [1.29, 1.82) is 0 Å². The molecule has 0 saturated carbocycles. The topological polar surface area (TPSA) is 60.5 Å². The maximum atomic E-state index is 12.3. The molecule has 0 bridgehead atoms. The van der Waals surface area contributed by atoms with Crippen molar-refractivity contribution >= 4 is 28.5 Å². The Hall–Kier alpha value is -3.12. The summed E-state index contributed by atoms with van der Waals surface area (Å²) in [6.07, 6.45) is 3.21. The van der Waals surface area contributed by atoms with E-state index in [-0.39, 0.29) is 5.91 Å². The smallest absolute Gasteiger partial charge is 0.250 e. The fraction of sp³-hybridized carbons (Fsp3) is 0.182. The van der Waals surface area contributed by atoms with E-state index in [1.165, 1.54) is 17.4 Å². The van der Waals surface area contributed by atoms with Gasteiger partial charge < -0.3 is 9.47 Å². The second kappa shape index (κ2) is 9.19. The standard InChI is InChI=1S/C22H22N2O3S/c1-4-27-18-12-10-16(14-19(18)26-3)11-13-20(25)23-22-24-21(15(2)28-22)17-8-6-5-7-9-17/h5-14H,4H2,1-3H3,(H,23,24,25)/b13-11+. The van der Waals surface area contributed by atoms with E-state index in [9.17, 15) is 4.79 Å². The number of thiazole rings is 1. The normalized spacial score (nSPS) is 10.8. The second-order valence-corrected chi connectivity index (χ2v) is 7.16. The van der Waals surface area contributed by atoms with E-state index < -0.39 is 0 Å². The Morgan fingerprint density at radius 1 is 1.18 bits per heavy atom. The van der Waals surface area contributed by atoms with Crippen LogP contribution in [-0.4, -0.2) is 24.6 Å². The average Bonchev–Trinajstić information content (AvgIpc) is 3.08. The summed E-state index contributed by atoms with van der Waals surface area (Å²) in [4.78, 5) is 17.9. The molecule has 1 N–H and O–H groups in total. The van der Waals surface area contributed by atoms with Crippen LogP contribution in [0.4, 0.5) is 5.13 Å². The lowest BCUT2D eigenvalue weighted by atomic mass is 10.1.